The number of nitrogens with zero attached hydrogens (tertiary/aromatic N) is 4. The molecule has 172 valence electrons. The fourth-order valence-electron chi connectivity index (χ4n) is 3.81. The maximum absolute atomic E-state index is 11.5. The summed E-state index contributed by atoms with van der Waals surface area (Å²) in [5, 5.41) is 21.0. The molecule has 0 spiro atoms. The van der Waals surface area contributed by atoms with Gasteiger partial charge in [-0.2, -0.15) is 0 Å². The number of nitro groups is 1. The monoisotopic (exact) mass is 476 g/mol. The fourth-order valence-corrected chi connectivity index (χ4v) is 4.73. The van der Waals surface area contributed by atoms with Crippen LogP contribution >= 0.6 is 11.8 Å². The Morgan fingerprint density at radius 3 is 2.71 bits per heavy atom. The minimum atomic E-state index is -0.407. The van der Waals surface area contributed by atoms with Crippen LogP contribution in [0.3, 0.4) is 0 Å². The lowest BCUT2D eigenvalue weighted by molar-refractivity contribution is -0.385. The van der Waals surface area contributed by atoms with Gasteiger partial charge in [0, 0.05) is 34.7 Å². The first-order valence-electron chi connectivity index (χ1n) is 10.4. The quantitative estimate of drug-likeness (QED) is 0.208. The third-order valence-electron chi connectivity index (χ3n) is 5.33. The highest BCUT2D eigenvalue weighted by atomic mass is 32.2. The van der Waals surface area contributed by atoms with Crippen LogP contribution in [0.2, 0.25) is 0 Å². The maximum Gasteiger partial charge on any atom is 0.270 e. The van der Waals surface area contributed by atoms with Crippen molar-refractivity contribution < 1.29 is 19.1 Å². The average molecular weight is 477 g/mol. The topological polar surface area (TPSA) is 102 Å². The Labute approximate surface area is 199 Å². The van der Waals surface area contributed by atoms with Crippen molar-refractivity contribution in [3.63, 3.8) is 0 Å². The second-order valence-electron chi connectivity index (χ2n) is 7.43. The molecule has 34 heavy (non-hydrogen) atoms. The number of ether oxygens (including phenoxy) is 3. The smallest absolute Gasteiger partial charge is 0.270 e. The number of benzene rings is 3. The largest absolute Gasteiger partial charge is 0.496 e. The van der Waals surface area contributed by atoms with Crippen molar-refractivity contribution in [1.82, 2.24) is 14.8 Å². The van der Waals surface area contributed by atoms with Gasteiger partial charge in [-0.3, -0.25) is 14.7 Å². The van der Waals surface area contributed by atoms with E-state index in [1.165, 1.54) is 17.8 Å². The van der Waals surface area contributed by atoms with Crippen LogP contribution in [-0.2, 0) is 17.1 Å². The Morgan fingerprint density at radius 2 is 1.91 bits per heavy atom. The Hall–Kier alpha value is -3.89. The summed E-state index contributed by atoms with van der Waals surface area (Å²) in [6.07, 6.45) is 0. The van der Waals surface area contributed by atoms with Gasteiger partial charge in [0.2, 0.25) is 0 Å². The number of rotatable bonds is 7. The van der Waals surface area contributed by atoms with Crippen LogP contribution in [0.1, 0.15) is 11.1 Å². The zero-order valence-electron chi connectivity index (χ0n) is 18.2. The molecule has 0 aliphatic carbocycles. The Morgan fingerprint density at radius 1 is 1.12 bits per heavy atom. The SMILES string of the molecule is COc1ccccc1-c1nnc(SCc2cc([N+](=O)[O-])cc3c2OCOC3)n1-c1ccccc1. The molecule has 2 heterocycles. The number of hydrogen-bond acceptors (Lipinski definition) is 8. The third kappa shape index (κ3) is 4.20. The molecule has 3 aromatic carbocycles. The minimum Gasteiger partial charge on any atom is -0.496 e. The number of para-hydroxylation sites is 2. The molecule has 4 aromatic rings. The number of hydrogen-bond donors (Lipinski definition) is 0. The lowest BCUT2D eigenvalue weighted by atomic mass is 10.1. The number of fused-ring (bicyclic) bond motifs is 1. The van der Waals surface area contributed by atoms with E-state index < -0.39 is 4.92 Å². The molecule has 0 unspecified atom stereocenters. The van der Waals surface area contributed by atoms with Crippen LogP contribution in [0, 0.1) is 10.1 Å². The predicted molar refractivity (Wildman–Crippen MR) is 126 cm³/mol. The molecule has 1 aliphatic rings. The van der Waals surface area contributed by atoms with E-state index in [1.54, 1.807) is 13.2 Å². The highest BCUT2D eigenvalue weighted by Gasteiger charge is 2.23. The van der Waals surface area contributed by atoms with E-state index in [9.17, 15) is 10.1 Å². The van der Waals surface area contributed by atoms with Crippen molar-refractivity contribution in [2.75, 3.05) is 13.9 Å². The van der Waals surface area contributed by atoms with Crippen molar-refractivity contribution >= 4 is 17.4 Å². The van der Waals surface area contributed by atoms with Gasteiger partial charge in [-0.1, -0.05) is 42.1 Å². The van der Waals surface area contributed by atoms with Crippen molar-refractivity contribution in [2.24, 2.45) is 0 Å². The molecule has 0 radical (unpaired) electrons. The van der Waals surface area contributed by atoms with Crippen LogP contribution < -0.4 is 9.47 Å². The molecule has 5 rings (SSSR count). The first kappa shape index (κ1) is 21.9. The van der Waals surface area contributed by atoms with Gasteiger partial charge in [0.1, 0.15) is 11.5 Å². The summed E-state index contributed by atoms with van der Waals surface area (Å²) < 4.78 is 18.5. The first-order valence-corrected chi connectivity index (χ1v) is 11.4. The van der Waals surface area contributed by atoms with E-state index in [2.05, 4.69) is 10.2 Å². The van der Waals surface area contributed by atoms with E-state index >= 15 is 0 Å². The van der Waals surface area contributed by atoms with Crippen LogP contribution in [-0.4, -0.2) is 33.6 Å². The normalized spacial score (nSPS) is 12.6. The third-order valence-corrected chi connectivity index (χ3v) is 6.31. The van der Waals surface area contributed by atoms with E-state index in [4.69, 9.17) is 14.2 Å². The van der Waals surface area contributed by atoms with E-state index in [0.29, 0.717) is 39.4 Å². The summed E-state index contributed by atoms with van der Waals surface area (Å²) >= 11 is 1.42. The highest BCUT2D eigenvalue weighted by molar-refractivity contribution is 7.98. The molecule has 10 heteroatoms. The van der Waals surface area contributed by atoms with E-state index in [1.807, 2.05) is 59.2 Å². The van der Waals surface area contributed by atoms with E-state index in [0.717, 1.165) is 11.3 Å². The summed E-state index contributed by atoms with van der Waals surface area (Å²) in [7, 11) is 1.62. The Kier molecular flexibility index (Phi) is 6.15. The van der Waals surface area contributed by atoms with Crippen molar-refractivity contribution in [2.45, 2.75) is 17.5 Å². The average Bonchev–Trinajstić information content (AvgIpc) is 3.31. The van der Waals surface area contributed by atoms with Crippen LogP contribution in [0.4, 0.5) is 5.69 Å². The fraction of sp³-hybridized carbons (Fsp3) is 0.167. The van der Waals surface area contributed by atoms with Gasteiger partial charge >= 0.3 is 0 Å². The zero-order chi connectivity index (χ0) is 23.5. The van der Waals surface area contributed by atoms with Crippen molar-refractivity contribution in [1.29, 1.82) is 0 Å². The van der Waals surface area contributed by atoms with Crippen molar-refractivity contribution in [3.8, 4) is 28.6 Å². The van der Waals surface area contributed by atoms with Gasteiger partial charge < -0.3 is 14.2 Å². The highest BCUT2D eigenvalue weighted by Crippen LogP contribution is 2.38. The van der Waals surface area contributed by atoms with Gasteiger partial charge in [0.25, 0.3) is 5.69 Å². The number of non-ortho nitro benzene ring substituents is 1. The summed E-state index contributed by atoms with van der Waals surface area (Å²) in [6.45, 7) is 0.382. The lowest BCUT2D eigenvalue weighted by Gasteiger charge is -2.20. The molecule has 0 bridgehead atoms. The summed E-state index contributed by atoms with van der Waals surface area (Å²) in [5.74, 6) is 2.35. The Balaban J connectivity index is 1.55. The second kappa shape index (κ2) is 9.54. The first-order chi connectivity index (χ1) is 16.7. The molecule has 0 N–H and O–H groups in total. The van der Waals surface area contributed by atoms with Gasteiger partial charge in [-0.15, -0.1) is 10.2 Å². The van der Waals surface area contributed by atoms with E-state index in [-0.39, 0.29) is 19.1 Å². The molecule has 0 atom stereocenters. The molecule has 1 aromatic heterocycles. The number of methoxy groups -OCH3 is 1. The molecule has 9 nitrogen and oxygen atoms in total. The van der Waals surface area contributed by atoms with Crippen molar-refractivity contribution in [3.05, 3.63) is 88.0 Å². The number of thioether (sulfide) groups is 1. The minimum absolute atomic E-state index is 0.00249. The molecule has 0 amide bonds. The standard InChI is InChI=1S/C24H20N4O5S/c1-31-21-10-6-5-9-20(21)23-25-26-24(27(23)18-7-3-2-4-8-18)34-14-17-12-19(28(29)30)11-16-13-32-15-33-22(16)17/h2-12H,13-15H2,1H3. The molecule has 0 saturated heterocycles. The maximum atomic E-state index is 11.5. The number of nitro benzene ring substituents is 1. The van der Waals surface area contributed by atoms with Crippen LogP contribution in [0.15, 0.2) is 71.9 Å². The summed E-state index contributed by atoms with van der Waals surface area (Å²) in [4.78, 5) is 11.0. The van der Waals surface area contributed by atoms with Crippen LogP contribution in [0.5, 0.6) is 11.5 Å². The molecule has 0 fully saturated rings. The van der Waals surface area contributed by atoms with Gasteiger partial charge in [-0.25, -0.2) is 0 Å². The molecular weight excluding hydrogens is 456 g/mol. The zero-order valence-corrected chi connectivity index (χ0v) is 19.0. The van der Waals surface area contributed by atoms with Crippen LogP contribution in [0.25, 0.3) is 17.1 Å². The Bertz CT molecular complexity index is 1340. The molecular formula is C24H20N4O5S. The lowest BCUT2D eigenvalue weighted by Crippen LogP contribution is -2.13. The number of aromatic nitrogens is 3. The summed E-state index contributed by atoms with van der Waals surface area (Å²) in [6, 6.07) is 20.4. The van der Waals surface area contributed by atoms with Gasteiger partial charge in [0.05, 0.1) is 24.2 Å². The predicted octanol–water partition coefficient (Wildman–Crippen LogP) is 5.01. The van der Waals surface area contributed by atoms with Gasteiger partial charge in [-0.05, 0) is 24.3 Å². The molecule has 1 aliphatic heterocycles. The van der Waals surface area contributed by atoms with Gasteiger partial charge in [0.15, 0.2) is 17.8 Å². The second-order valence-corrected chi connectivity index (χ2v) is 8.37. The molecule has 0 saturated carbocycles. The summed E-state index contributed by atoms with van der Waals surface area (Å²) in [5.41, 5.74) is 3.07.